The summed E-state index contributed by atoms with van der Waals surface area (Å²) in [6.45, 7) is 8.35. The Morgan fingerprint density at radius 3 is 2.30 bits per heavy atom. The summed E-state index contributed by atoms with van der Waals surface area (Å²) in [5.41, 5.74) is 1.87. The van der Waals surface area contributed by atoms with Crippen LogP contribution in [0.15, 0.2) is 42.5 Å². The summed E-state index contributed by atoms with van der Waals surface area (Å²) < 4.78 is 52.7. The summed E-state index contributed by atoms with van der Waals surface area (Å²) in [6.07, 6.45) is 1.47. The molecule has 37 heavy (non-hydrogen) atoms. The molecule has 10 heteroatoms. The van der Waals surface area contributed by atoms with Gasteiger partial charge in [0.05, 0.1) is 11.9 Å². The maximum Gasteiger partial charge on any atom is 0.242 e. The number of nitrogens with one attached hydrogen (secondary N) is 1. The number of carbonyl (C=O) groups is 2. The number of hydrogen-bond donors (Lipinski definition) is 1. The number of aryl methyl sites for hydroxylation is 1. The highest BCUT2D eigenvalue weighted by Gasteiger charge is 2.29. The lowest BCUT2D eigenvalue weighted by molar-refractivity contribution is -0.141. The summed E-state index contributed by atoms with van der Waals surface area (Å²) in [5, 5.41) is 2.91. The Labute approximate surface area is 218 Å². The number of hydrogen-bond acceptors (Lipinski definition) is 4. The predicted octanol–water partition coefficient (Wildman–Crippen LogP) is 4.40. The monoisotopic (exact) mass is 537 g/mol. The first-order valence-electron chi connectivity index (χ1n) is 12.4. The minimum absolute atomic E-state index is 0.0230. The molecule has 1 N–H and O–H groups in total. The van der Waals surface area contributed by atoms with E-state index < -0.39 is 27.7 Å². The standard InChI is InChI=1S/C27H37F2N3O4S/c1-6-25(27(34)30-17-19(2)3)31(18-21-11-8-7-10-20(21)4)26(33)12-9-15-32(37(5,35)36)22-13-14-23(28)24(29)16-22/h7-8,10-11,13-14,16,19,25H,6,9,12,15,17-18H2,1-5H3,(H,30,34)/t25-/m1/s1. The second kappa shape index (κ2) is 13.5. The fraction of sp³-hybridized carbons (Fsp3) is 0.481. The zero-order valence-electron chi connectivity index (χ0n) is 22.1. The molecule has 0 aromatic heterocycles. The third-order valence-electron chi connectivity index (χ3n) is 6.02. The molecule has 204 valence electrons. The van der Waals surface area contributed by atoms with Gasteiger partial charge in [-0.25, -0.2) is 17.2 Å². The van der Waals surface area contributed by atoms with Gasteiger partial charge in [0.15, 0.2) is 11.6 Å². The van der Waals surface area contributed by atoms with Crippen LogP contribution in [0, 0.1) is 24.5 Å². The fourth-order valence-corrected chi connectivity index (χ4v) is 4.91. The van der Waals surface area contributed by atoms with E-state index in [4.69, 9.17) is 0 Å². The molecule has 0 heterocycles. The van der Waals surface area contributed by atoms with E-state index in [-0.39, 0.29) is 49.4 Å². The van der Waals surface area contributed by atoms with Crippen molar-refractivity contribution >= 4 is 27.5 Å². The fourth-order valence-electron chi connectivity index (χ4n) is 3.96. The summed E-state index contributed by atoms with van der Waals surface area (Å²) in [6, 6.07) is 9.77. The van der Waals surface area contributed by atoms with Gasteiger partial charge in [-0.1, -0.05) is 45.0 Å². The van der Waals surface area contributed by atoms with E-state index in [0.29, 0.717) is 13.0 Å². The second-order valence-corrected chi connectivity index (χ2v) is 11.5. The Morgan fingerprint density at radius 2 is 1.73 bits per heavy atom. The van der Waals surface area contributed by atoms with E-state index in [1.165, 1.54) is 6.07 Å². The minimum Gasteiger partial charge on any atom is -0.354 e. The minimum atomic E-state index is -3.81. The van der Waals surface area contributed by atoms with E-state index in [2.05, 4.69) is 5.32 Å². The molecule has 0 aliphatic carbocycles. The summed E-state index contributed by atoms with van der Waals surface area (Å²) in [5.74, 6) is -2.53. The number of amides is 2. The molecule has 0 aliphatic rings. The largest absolute Gasteiger partial charge is 0.354 e. The van der Waals surface area contributed by atoms with Crippen LogP contribution in [0.1, 0.15) is 51.2 Å². The van der Waals surface area contributed by atoms with Crippen LogP contribution in [-0.4, -0.2) is 50.5 Å². The van der Waals surface area contributed by atoms with E-state index >= 15 is 0 Å². The van der Waals surface area contributed by atoms with Gasteiger partial charge in [0.1, 0.15) is 6.04 Å². The van der Waals surface area contributed by atoms with Crippen molar-refractivity contribution in [3.8, 4) is 0 Å². The molecule has 0 bridgehead atoms. The molecule has 2 aromatic rings. The molecule has 0 spiro atoms. The molecule has 2 aromatic carbocycles. The Kier molecular flexibility index (Phi) is 11.0. The van der Waals surface area contributed by atoms with Crippen molar-refractivity contribution in [2.24, 2.45) is 5.92 Å². The van der Waals surface area contributed by atoms with Gasteiger partial charge >= 0.3 is 0 Å². The van der Waals surface area contributed by atoms with Gasteiger partial charge in [-0.15, -0.1) is 0 Å². The Hall–Kier alpha value is -3.01. The quantitative estimate of drug-likeness (QED) is 0.410. The summed E-state index contributed by atoms with van der Waals surface area (Å²) in [7, 11) is -3.81. The molecule has 0 fully saturated rings. The summed E-state index contributed by atoms with van der Waals surface area (Å²) in [4.78, 5) is 28.0. The van der Waals surface area contributed by atoms with Crippen LogP contribution in [0.2, 0.25) is 0 Å². The molecule has 7 nitrogen and oxygen atoms in total. The van der Waals surface area contributed by atoms with Crippen LogP contribution in [-0.2, 0) is 26.2 Å². The Balaban J connectivity index is 2.24. The maximum atomic E-state index is 13.7. The number of halogens is 2. The van der Waals surface area contributed by atoms with E-state index in [1.54, 1.807) is 4.90 Å². The van der Waals surface area contributed by atoms with Gasteiger partial charge in [-0.3, -0.25) is 13.9 Å². The van der Waals surface area contributed by atoms with Crippen molar-refractivity contribution < 1.29 is 26.8 Å². The zero-order valence-corrected chi connectivity index (χ0v) is 22.9. The zero-order chi connectivity index (χ0) is 27.8. The average Bonchev–Trinajstić information content (AvgIpc) is 2.82. The van der Waals surface area contributed by atoms with Crippen LogP contribution in [0.4, 0.5) is 14.5 Å². The van der Waals surface area contributed by atoms with Crippen molar-refractivity contribution in [1.29, 1.82) is 0 Å². The molecule has 2 amide bonds. The van der Waals surface area contributed by atoms with E-state index in [1.807, 2.05) is 52.0 Å². The molecule has 1 atom stereocenters. The van der Waals surface area contributed by atoms with Crippen molar-refractivity contribution in [1.82, 2.24) is 10.2 Å². The normalized spacial score (nSPS) is 12.3. The van der Waals surface area contributed by atoms with Gasteiger partial charge in [-0.2, -0.15) is 0 Å². The van der Waals surface area contributed by atoms with E-state index in [0.717, 1.165) is 33.8 Å². The third-order valence-corrected chi connectivity index (χ3v) is 7.21. The van der Waals surface area contributed by atoms with Crippen molar-refractivity contribution in [3.05, 3.63) is 65.2 Å². The van der Waals surface area contributed by atoms with Crippen LogP contribution >= 0.6 is 0 Å². The Morgan fingerprint density at radius 1 is 1.05 bits per heavy atom. The first-order chi connectivity index (χ1) is 17.3. The summed E-state index contributed by atoms with van der Waals surface area (Å²) >= 11 is 0. The van der Waals surface area contributed by atoms with Crippen LogP contribution < -0.4 is 9.62 Å². The Bertz CT molecular complexity index is 1190. The average molecular weight is 538 g/mol. The lowest BCUT2D eigenvalue weighted by atomic mass is 10.0. The van der Waals surface area contributed by atoms with Gasteiger partial charge in [0, 0.05) is 32.1 Å². The number of sulfonamides is 1. The molecular formula is C27H37F2N3O4S. The van der Waals surface area contributed by atoms with Gasteiger partial charge in [-0.05, 0) is 48.9 Å². The smallest absolute Gasteiger partial charge is 0.242 e. The number of anilines is 1. The van der Waals surface area contributed by atoms with Gasteiger partial charge in [0.2, 0.25) is 21.8 Å². The molecule has 0 unspecified atom stereocenters. The van der Waals surface area contributed by atoms with Crippen molar-refractivity contribution in [2.75, 3.05) is 23.7 Å². The third kappa shape index (κ3) is 8.80. The maximum absolute atomic E-state index is 13.7. The number of rotatable bonds is 13. The van der Waals surface area contributed by atoms with Gasteiger partial charge < -0.3 is 10.2 Å². The van der Waals surface area contributed by atoms with Gasteiger partial charge in [0.25, 0.3) is 0 Å². The number of nitrogens with zero attached hydrogens (tertiary/aromatic N) is 2. The molecule has 0 saturated heterocycles. The highest BCUT2D eigenvalue weighted by molar-refractivity contribution is 7.92. The first kappa shape index (κ1) is 30.2. The predicted molar refractivity (Wildman–Crippen MR) is 141 cm³/mol. The topological polar surface area (TPSA) is 86.8 Å². The molecule has 2 rings (SSSR count). The van der Waals surface area contributed by atoms with Crippen LogP contribution in [0.25, 0.3) is 0 Å². The molecule has 0 saturated carbocycles. The van der Waals surface area contributed by atoms with Crippen molar-refractivity contribution in [2.45, 2.75) is 59.5 Å². The highest BCUT2D eigenvalue weighted by atomic mass is 32.2. The molecule has 0 radical (unpaired) electrons. The number of benzene rings is 2. The molecular weight excluding hydrogens is 500 g/mol. The second-order valence-electron chi connectivity index (χ2n) is 9.55. The number of carbonyl (C=O) groups excluding carboxylic acids is 2. The van der Waals surface area contributed by atoms with E-state index in [9.17, 15) is 26.8 Å². The lowest BCUT2D eigenvalue weighted by Gasteiger charge is -2.31. The van der Waals surface area contributed by atoms with Crippen LogP contribution in [0.5, 0.6) is 0 Å². The first-order valence-corrected chi connectivity index (χ1v) is 14.2. The van der Waals surface area contributed by atoms with Crippen LogP contribution in [0.3, 0.4) is 0 Å². The SMILES string of the molecule is CC[C@H](C(=O)NCC(C)C)N(Cc1ccccc1C)C(=O)CCCN(c1ccc(F)c(F)c1)S(C)(=O)=O. The lowest BCUT2D eigenvalue weighted by Crippen LogP contribution is -2.49. The highest BCUT2D eigenvalue weighted by Crippen LogP contribution is 2.22. The molecule has 0 aliphatic heterocycles. The van der Waals surface area contributed by atoms with Crippen molar-refractivity contribution in [3.63, 3.8) is 0 Å².